The molecule has 1 aromatic rings. The molecule has 1 aromatic carbocycles. The van der Waals surface area contributed by atoms with Gasteiger partial charge in [0.1, 0.15) is 5.69 Å². The highest BCUT2D eigenvalue weighted by molar-refractivity contribution is 5.94. The fourth-order valence-corrected chi connectivity index (χ4v) is 0.938. The number of amides is 1. The zero-order valence-corrected chi connectivity index (χ0v) is 6.93. The summed E-state index contributed by atoms with van der Waals surface area (Å²) in [6.45, 7) is 0. The molecule has 4 N–H and O–H groups in total. The van der Waals surface area contributed by atoms with E-state index in [0.717, 1.165) is 12.1 Å². The number of rotatable bonds is 3. The van der Waals surface area contributed by atoms with E-state index in [0.29, 0.717) is 0 Å². The van der Waals surface area contributed by atoms with E-state index in [1.165, 1.54) is 6.07 Å². The van der Waals surface area contributed by atoms with Crippen molar-refractivity contribution in [1.82, 2.24) is 0 Å². The quantitative estimate of drug-likeness (QED) is 0.481. The number of nitrogens with two attached hydrogens (primary N) is 1. The van der Waals surface area contributed by atoms with Crippen molar-refractivity contribution in [3.63, 3.8) is 0 Å². The molecule has 0 unspecified atom stereocenters. The number of nitro groups is 1. The van der Waals surface area contributed by atoms with Gasteiger partial charge in [0.2, 0.25) is 5.91 Å². The smallest absolute Gasteiger partial charge is 0.294 e. The zero-order chi connectivity index (χ0) is 10.7. The Bertz CT molecular complexity index is 391. The maximum Gasteiger partial charge on any atom is 0.294 e. The van der Waals surface area contributed by atoms with E-state index in [1.807, 2.05) is 0 Å². The molecule has 1 amide bonds. The fraction of sp³-hybridized carbons (Fsp3) is 0. The van der Waals surface area contributed by atoms with Crippen molar-refractivity contribution in [3.05, 3.63) is 33.9 Å². The van der Waals surface area contributed by atoms with Crippen molar-refractivity contribution in [3.8, 4) is 0 Å². The molecule has 0 radical (unpaired) electrons. The van der Waals surface area contributed by atoms with Crippen LogP contribution in [0.25, 0.3) is 0 Å². The summed E-state index contributed by atoms with van der Waals surface area (Å²) in [4.78, 5) is 20.4. The maximum atomic E-state index is 10.7. The minimum Gasteiger partial charge on any atom is -0.366 e. The van der Waals surface area contributed by atoms with Crippen LogP contribution in [0.1, 0.15) is 10.4 Å². The number of nitrogens with one attached hydrogen (secondary N) is 1. The van der Waals surface area contributed by atoms with Crippen molar-refractivity contribution >= 4 is 17.3 Å². The van der Waals surface area contributed by atoms with Gasteiger partial charge in [-0.1, -0.05) is 0 Å². The van der Waals surface area contributed by atoms with Crippen LogP contribution in [0.15, 0.2) is 18.2 Å². The van der Waals surface area contributed by atoms with E-state index < -0.39 is 10.8 Å². The number of benzene rings is 1. The Morgan fingerprint density at radius 2 is 2.21 bits per heavy atom. The van der Waals surface area contributed by atoms with E-state index in [2.05, 4.69) is 0 Å². The van der Waals surface area contributed by atoms with Gasteiger partial charge in [-0.15, -0.1) is 0 Å². The van der Waals surface area contributed by atoms with Crippen molar-refractivity contribution in [2.24, 2.45) is 5.73 Å². The highest BCUT2D eigenvalue weighted by Crippen LogP contribution is 2.24. The summed E-state index contributed by atoms with van der Waals surface area (Å²) in [5, 5.41) is 19.0. The summed E-state index contributed by atoms with van der Waals surface area (Å²) >= 11 is 0. The maximum absolute atomic E-state index is 10.7. The molecule has 7 heteroatoms. The fourth-order valence-electron chi connectivity index (χ4n) is 0.938. The first-order valence-corrected chi connectivity index (χ1v) is 3.54. The Hall–Kier alpha value is -2.15. The van der Waals surface area contributed by atoms with Crippen LogP contribution in [-0.2, 0) is 0 Å². The minimum atomic E-state index is -0.726. The van der Waals surface area contributed by atoms with Gasteiger partial charge in [-0.2, -0.15) is 0 Å². The van der Waals surface area contributed by atoms with Crippen LogP contribution in [0.3, 0.4) is 0 Å². The van der Waals surface area contributed by atoms with Gasteiger partial charge in [-0.3, -0.25) is 25.6 Å². The Balaban J connectivity index is 3.25. The molecule has 1 rings (SSSR count). The van der Waals surface area contributed by atoms with Crippen LogP contribution < -0.4 is 11.2 Å². The van der Waals surface area contributed by atoms with Gasteiger partial charge in [0.15, 0.2) is 0 Å². The van der Waals surface area contributed by atoms with Gasteiger partial charge in [0, 0.05) is 11.6 Å². The van der Waals surface area contributed by atoms with E-state index in [1.54, 1.807) is 5.48 Å². The molecule has 0 atom stereocenters. The number of hydrogen-bond acceptors (Lipinski definition) is 5. The van der Waals surface area contributed by atoms with Gasteiger partial charge in [0.05, 0.1) is 4.92 Å². The third-order valence-electron chi connectivity index (χ3n) is 1.60. The molecule has 0 fully saturated rings. The normalized spacial score (nSPS) is 9.50. The van der Waals surface area contributed by atoms with Crippen molar-refractivity contribution in [2.45, 2.75) is 0 Å². The van der Waals surface area contributed by atoms with Crippen molar-refractivity contribution < 1.29 is 14.9 Å². The minimum absolute atomic E-state index is 0.0761. The molecular formula is C7H7N3O4. The number of nitrogens with zero attached hydrogens (tertiary/aromatic N) is 1. The first kappa shape index (κ1) is 9.93. The molecule has 0 aromatic heterocycles. The van der Waals surface area contributed by atoms with E-state index in [9.17, 15) is 14.9 Å². The molecule has 74 valence electrons. The van der Waals surface area contributed by atoms with Crippen molar-refractivity contribution in [1.29, 1.82) is 0 Å². The average molecular weight is 197 g/mol. The molecule has 0 spiro atoms. The molecule has 14 heavy (non-hydrogen) atoms. The largest absolute Gasteiger partial charge is 0.366 e. The highest BCUT2D eigenvalue weighted by Gasteiger charge is 2.14. The number of primary amides is 1. The Labute approximate surface area is 78.2 Å². The van der Waals surface area contributed by atoms with Crippen LogP contribution in [-0.4, -0.2) is 16.0 Å². The van der Waals surface area contributed by atoms with Gasteiger partial charge in [0.25, 0.3) is 5.69 Å². The molecule has 0 aliphatic rings. The molecule has 0 bridgehead atoms. The summed E-state index contributed by atoms with van der Waals surface area (Å²) < 4.78 is 0. The topological polar surface area (TPSA) is 118 Å². The number of nitro benzene ring substituents is 1. The van der Waals surface area contributed by atoms with Gasteiger partial charge in [-0.05, 0) is 12.1 Å². The lowest BCUT2D eigenvalue weighted by Crippen LogP contribution is -2.11. The lowest BCUT2D eigenvalue weighted by Gasteiger charge is -2.01. The van der Waals surface area contributed by atoms with E-state index in [4.69, 9.17) is 10.9 Å². The van der Waals surface area contributed by atoms with Gasteiger partial charge < -0.3 is 5.73 Å². The summed E-state index contributed by atoms with van der Waals surface area (Å²) in [5.41, 5.74) is 6.13. The standard InChI is InChI=1S/C7H7N3O4/c8-7(11)4-1-2-6(10(13)14)5(3-4)9-12/h1-3,9,12H,(H2,8,11). The van der Waals surface area contributed by atoms with E-state index >= 15 is 0 Å². The summed E-state index contributed by atoms with van der Waals surface area (Å²) in [6, 6.07) is 3.39. The molecule has 0 saturated heterocycles. The second-order valence-corrected chi connectivity index (χ2v) is 2.47. The average Bonchev–Trinajstić information content (AvgIpc) is 2.16. The number of carbonyl (C=O) groups is 1. The first-order chi connectivity index (χ1) is 6.56. The summed E-state index contributed by atoms with van der Waals surface area (Å²) in [7, 11) is 0. The second kappa shape index (κ2) is 3.71. The Morgan fingerprint density at radius 3 is 2.64 bits per heavy atom. The molecule has 0 aliphatic heterocycles. The summed E-state index contributed by atoms with van der Waals surface area (Å²) in [6.07, 6.45) is 0. The molecule has 0 saturated carbocycles. The molecular weight excluding hydrogens is 190 g/mol. The molecule has 0 heterocycles. The Kier molecular flexibility index (Phi) is 2.63. The van der Waals surface area contributed by atoms with Crippen LogP contribution in [0.5, 0.6) is 0 Å². The highest BCUT2D eigenvalue weighted by atomic mass is 16.6. The third-order valence-corrected chi connectivity index (χ3v) is 1.60. The number of carbonyl (C=O) groups excluding carboxylic acids is 1. The van der Waals surface area contributed by atoms with Gasteiger partial charge in [-0.25, -0.2) is 0 Å². The Morgan fingerprint density at radius 1 is 1.57 bits per heavy atom. The SMILES string of the molecule is NC(=O)c1ccc([N+](=O)[O-])c(NO)c1. The number of hydrogen-bond donors (Lipinski definition) is 3. The van der Waals surface area contributed by atoms with Crippen LogP contribution in [0, 0.1) is 10.1 Å². The second-order valence-electron chi connectivity index (χ2n) is 2.47. The van der Waals surface area contributed by atoms with E-state index in [-0.39, 0.29) is 16.9 Å². The lowest BCUT2D eigenvalue weighted by molar-refractivity contribution is -0.384. The number of anilines is 1. The first-order valence-electron chi connectivity index (χ1n) is 3.54. The lowest BCUT2D eigenvalue weighted by atomic mass is 10.1. The summed E-state index contributed by atoms with van der Waals surface area (Å²) in [5.74, 6) is -0.726. The molecule has 7 nitrogen and oxygen atoms in total. The van der Waals surface area contributed by atoms with Crippen molar-refractivity contribution in [2.75, 3.05) is 5.48 Å². The van der Waals surface area contributed by atoms with Crippen LogP contribution in [0.2, 0.25) is 0 Å². The predicted molar refractivity (Wildman–Crippen MR) is 47.0 cm³/mol. The predicted octanol–water partition coefficient (Wildman–Crippen LogP) is 0.495. The monoisotopic (exact) mass is 197 g/mol. The van der Waals surface area contributed by atoms with Gasteiger partial charge >= 0.3 is 0 Å². The molecule has 0 aliphatic carbocycles. The van der Waals surface area contributed by atoms with Crippen LogP contribution in [0.4, 0.5) is 11.4 Å². The van der Waals surface area contributed by atoms with Crippen LogP contribution >= 0.6 is 0 Å². The third kappa shape index (κ3) is 1.77. The zero-order valence-electron chi connectivity index (χ0n) is 6.93.